The molecule has 1 saturated heterocycles. The topological polar surface area (TPSA) is 82.3 Å². The van der Waals surface area contributed by atoms with E-state index in [4.69, 9.17) is 0 Å². The lowest BCUT2D eigenvalue weighted by atomic mass is 10.1. The van der Waals surface area contributed by atoms with Crippen LogP contribution >= 0.6 is 0 Å². The summed E-state index contributed by atoms with van der Waals surface area (Å²) < 4.78 is 26.5. The smallest absolute Gasteiger partial charge is 0.253 e. The Labute approximate surface area is 141 Å². The molecule has 1 aromatic heterocycles. The minimum Gasteiger partial charge on any atom is -0.367 e. The first-order chi connectivity index (χ1) is 11.5. The maximum atomic E-state index is 12.5. The third kappa shape index (κ3) is 4.04. The summed E-state index contributed by atoms with van der Waals surface area (Å²) in [5.41, 5.74) is 1.38. The van der Waals surface area contributed by atoms with Crippen molar-refractivity contribution in [1.82, 2.24) is 14.6 Å². The average molecular weight is 347 g/mol. The van der Waals surface area contributed by atoms with Crippen molar-refractivity contribution < 1.29 is 13.2 Å². The SMILES string of the molecule is O=C(NC1CCN(S(=O)(=O)Cc2ccccc2)CC1)c1cc[nH]c1. The fourth-order valence-corrected chi connectivity index (χ4v) is 4.45. The molecule has 3 rings (SSSR count). The van der Waals surface area contributed by atoms with Crippen molar-refractivity contribution in [3.05, 3.63) is 59.9 Å². The van der Waals surface area contributed by atoms with Gasteiger partial charge in [0, 0.05) is 31.5 Å². The van der Waals surface area contributed by atoms with Crippen LogP contribution in [0.5, 0.6) is 0 Å². The molecule has 1 aliphatic heterocycles. The monoisotopic (exact) mass is 347 g/mol. The maximum absolute atomic E-state index is 12.5. The molecule has 2 heterocycles. The van der Waals surface area contributed by atoms with Gasteiger partial charge in [-0.2, -0.15) is 0 Å². The molecule has 2 aromatic rings. The molecule has 0 saturated carbocycles. The lowest BCUT2D eigenvalue weighted by Gasteiger charge is -2.31. The minimum atomic E-state index is -3.32. The normalized spacial score (nSPS) is 16.8. The largest absolute Gasteiger partial charge is 0.367 e. The van der Waals surface area contributed by atoms with Gasteiger partial charge in [0.25, 0.3) is 5.91 Å². The number of benzene rings is 1. The maximum Gasteiger partial charge on any atom is 0.253 e. The molecule has 0 aliphatic carbocycles. The number of carbonyl (C=O) groups excluding carboxylic acids is 1. The molecule has 0 radical (unpaired) electrons. The molecule has 128 valence electrons. The first kappa shape index (κ1) is 16.7. The lowest BCUT2D eigenvalue weighted by molar-refractivity contribution is 0.0924. The van der Waals surface area contributed by atoms with Gasteiger partial charge < -0.3 is 10.3 Å². The van der Waals surface area contributed by atoms with Crippen molar-refractivity contribution >= 4 is 15.9 Å². The number of piperidine rings is 1. The van der Waals surface area contributed by atoms with E-state index in [1.807, 2.05) is 30.3 Å². The van der Waals surface area contributed by atoms with Gasteiger partial charge in [0.1, 0.15) is 0 Å². The molecule has 1 amide bonds. The Morgan fingerprint density at radius 2 is 1.88 bits per heavy atom. The summed E-state index contributed by atoms with van der Waals surface area (Å²) in [6.07, 6.45) is 4.61. The van der Waals surface area contributed by atoms with Crippen LogP contribution in [0.3, 0.4) is 0 Å². The standard InChI is InChI=1S/C17H21N3O3S/c21-17(15-6-9-18-12-15)19-16-7-10-20(11-8-16)24(22,23)13-14-4-2-1-3-5-14/h1-6,9,12,16,18H,7-8,10-11,13H2,(H,19,21). The third-order valence-corrected chi connectivity index (χ3v) is 6.08. The molecule has 0 spiro atoms. The first-order valence-corrected chi connectivity index (χ1v) is 9.61. The highest BCUT2D eigenvalue weighted by molar-refractivity contribution is 7.88. The van der Waals surface area contributed by atoms with Crippen LogP contribution in [-0.4, -0.2) is 42.7 Å². The van der Waals surface area contributed by atoms with Gasteiger partial charge in [-0.05, 0) is 24.5 Å². The average Bonchev–Trinajstić information content (AvgIpc) is 3.10. The molecule has 0 atom stereocenters. The van der Waals surface area contributed by atoms with Crippen LogP contribution in [0.4, 0.5) is 0 Å². The van der Waals surface area contributed by atoms with E-state index in [-0.39, 0.29) is 17.7 Å². The van der Waals surface area contributed by atoms with Crippen molar-refractivity contribution in [3.63, 3.8) is 0 Å². The van der Waals surface area contributed by atoms with Gasteiger partial charge in [-0.1, -0.05) is 30.3 Å². The number of amides is 1. The summed E-state index contributed by atoms with van der Waals surface area (Å²) in [7, 11) is -3.32. The summed E-state index contributed by atoms with van der Waals surface area (Å²) >= 11 is 0. The summed E-state index contributed by atoms with van der Waals surface area (Å²) in [4.78, 5) is 14.9. The Kier molecular flexibility index (Phi) is 5.01. The minimum absolute atomic E-state index is 0.00979. The zero-order valence-corrected chi connectivity index (χ0v) is 14.1. The zero-order valence-electron chi connectivity index (χ0n) is 13.3. The number of sulfonamides is 1. The number of aromatic amines is 1. The molecule has 7 heteroatoms. The Hall–Kier alpha value is -2.12. The van der Waals surface area contributed by atoms with E-state index in [0.717, 1.165) is 5.56 Å². The molecule has 2 N–H and O–H groups in total. The van der Waals surface area contributed by atoms with Gasteiger partial charge in [0.05, 0.1) is 11.3 Å². The Bertz CT molecular complexity index is 765. The van der Waals surface area contributed by atoms with E-state index in [2.05, 4.69) is 10.3 Å². The fraction of sp³-hybridized carbons (Fsp3) is 0.353. The highest BCUT2D eigenvalue weighted by Crippen LogP contribution is 2.18. The van der Waals surface area contributed by atoms with Crippen LogP contribution in [0.25, 0.3) is 0 Å². The Morgan fingerprint density at radius 1 is 1.17 bits per heavy atom. The van der Waals surface area contributed by atoms with Crippen molar-refractivity contribution in [2.75, 3.05) is 13.1 Å². The van der Waals surface area contributed by atoms with E-state index in [1.165, 1.54) is 4.31 Å². The van der Waals surface area contributed by atoms with Crippen molar-refractivity contribution in [1.29, 1.82) is 0 Å². The van der Waals surface area contributed by atoms with Crippen LogP contribution in [0.2, 0.25) is 0 Å². The third-order valence-electron chi connectivity index (χ3n) is 4.23. The molecular weight excluding hydrogens is 326 g/mol. The second-order valence-corrected chi connectivity index (χ2v) is 7.96. The molecule has 0 unspecified atom stereocenters. The number of rotatable bonds is 5. The van der Waals surface area contributed by atoms with E-state index >= 15 is 0 Å². The predicted molar refractivity (Wildman–Crippen MR) is 91.9 cm³/mol. The number of nitrogens with zero attached hydrogens (tertiary/aromatic N) is 1. The van der Waals surface area contributed by atoms with Crippen LogP contribution in [-0.2, 0) is 15.8 Å². The fourth-order valence-electron chi connectivity index (χ4n) is 2.89. The number of aromatic nitrogens is 1. The van der Waals surface area contributed by atoms with Gasteiger partial charge in [0.2, 0.25) is 10.0 Å². The Morgan fingerprint density at radius 3 is 2.50 bits per heavy atom. The summed E-state index contributed by atoms with van der Waals surface area (Å²) in [5, 5.41) is 2.96. The van der Waals surface area contributed by atoms with Crippen LogP contribution in [0.15, 0.2) is 48.8 Å². The number of hydrogen-bond donors (Lipinski definition) is 2. The molecular formula is C17H21N3O3S. The molecule has 1 aliphatic rings. The van der Waals surface area contributed by atoms with Crippen LogP contribution in [0.1, 0.15) is 28.8 Å². The molecule has 1 fully saturated rings. The van der Waals surface area contributed by atoms with Gasteiger partial charge in [-0.25, -0.2) is 12.7 Å². The summed E-state index contributed by atoms with van der Waals surface area (Å²) in [6, 6.07) is 10.9. The number of carbonyl (C=O) groups is 1. The van der Waals surface area contributed by atoms with E-state index < -0.39 is 10.0 Å². The van der Waals surface area contributed by atoms with Gasteiger partial charge in [-0.15, -0.1) is 0 Å². The molecule has 24 heavy (non-hydrogen) atoms. The van der Waals surface area contributed by atoms with E-state index in [1.54, 1.807) is 18.5 Å². The second kappa shape index (κ2) is 7.19. The number of nitrogens with one attached hydrogen (secondary N) is 2. The quantitative estimate of drug-likeness (QED) is 0.864. The molecule has 6 nitrogen and oxygen atoms in total. The second-order valence-electron chi connectivity index (χ2n) is 5.99. The lowest BCUT2D eigenvalue weighted by Crippen LogP contribution is -2.46. The van der Waals surface area contributed by atoms with Crippen molar-refractivity contribution in [3.8, 4) is 0 Å². The Balaban J connectivity index is 1.53. The van der Waals surface area contributed by atoms with Crippen molar-refractivity contribution in [2.45, 2.75) is 24.6 Å². The summed E-state index contributed by atoms with van der Waals surface area (Å²) in [6.45, 7) is 0.875. The van der Waals surface area contributed by atoms with Gasteiger partial charge >= 0.3 is 0 Å². The highest BCUT2D eigenvalue weighted by Gasteiger charge is 2.28. The van der Waals surface area contributed by atoms with Gasteiger partial charge in [0.15, 0.2) is 0 Å². The van der Waals surface area contributed by atoms with E-state index in [9.17, 15) is 13.2 Å². The van der Waals surface area contributed by atoms with Crippen LogP contribution < -0.4 is 5.32 Å². The summed E-state index contributed by atoms with van der Waals surface area (Å²) in [5.74, 6) is -0.101. The van der Waals surface area contributed by atoms with E-state index in [0.29, 0.717) is 31.5 Å². The zero-order chi connectivity index (χ0) is 17.0. The highest BCUT2D eigenvalue weighted by atomic mass is 32.2. The number of hydrogen-bond acceptors (Lipinski definition) is 3. The molecule has 1 aromatic carbocycles. The molecule has 0 bridgehead atoms. The van der Waals surface area contributed by atoms with Crippen molar-refractivity contribution in [2.24, 2.45) is 0 Å². The van der Waals surface area contributed by atoms with Gasteiger partial charge in [-0.3, -0.25) is 4.79 Å². The number of H-pyrrole nitrogens is 1. The predicted octanol–water partition coefficient (Wildman–Crippen LogP) is 1.74. The van der Waals surface area contributed by atoms with Crippen LogP contribution in [0, 0.1) is 0 Å². The first-order valence-electron chi connectivity index (χ1n) is 8.00.